The van der Waals surface area contributed by atoms with Gasteiger partial charge in [0.15, 0.2) is 5.16 Å². The topological polar surface area (TPSA) is 59.3 Å². The van der Waals surface area contributed by atoms with Gasteiger partial charge in [-0.1, -0.05) is 32.5 Å². The van der Waals surface area contributed by atoms with Gasteiger partial charge in [0.05, 0.1) is 5.75 Å². The molecule has 1 aromatic rings. The standard InChI is InChI=1S/C16H24N4OS/c1-15(2)11-5-6-16(15,3)12(9-11)18-19-13(21)10-22-14-17-7-8-20(14)4/h7-8,11H,5-6,9-10H2,1-4H3,(H,19,21)/b18-12+. The molecule has 1 N–H and O–H groups in total. The maximum absolute atomic E-state index is 12.0. The van der Waals surface area contributed by atoms with E-state index in [2.05, 4.69) is 36.3 Å². The monoisotopic (exact) mass is 320 g/mol. The highest BCUT2D eigenvalue weighted by molar-refractivity contribution is 7.99. The Morgan fingerprint density at radius 3 is 2.86 bits per heavy atom. The number of hydrogen-bond acceptors (Lipinski definition) is 4. The first-order chi connectivity index (χ1) is 10.3. The first kappa shape index (κ1) is 15.6. The molecule has 1 aromatic heterocycles. The van der Waals surface area contributed by atoms with Crippen molar-refractivity contribution in [3.8, 4) is 0 Å². The molecule has 2 atom stereocenters. The molecule has 120 valence electrons. The molecule has 2 unspecified atom stereocenters. The van der Waals surface area contributed by atoms with E-state index in [1.54, 1.807) is 6.20 Å². The van der Waals surface area contributed by atoms with Crippen molar-refractivity contribution in [1.29, 1.82) is 0 Å². The van der Waals surface area contributed by atoms with E-state index in [9.17, 15) is 4.79 Å². The van der Waals surface area contributed by atoms with Crippen LogP contribution in [-0.4, -0.2) is 26.9 Å². The van der Waals surface area contributed by atoms with Gasteiger partial charge in [-0.05, 0) is 30.6 Å². The number of nitrogens with zero attached hydrogens (tertiary/aromatic N) is 3. The number of nitrogens with one attached hydrogen (secondary N) is 1. The average Bonchev–Trinajstić information content (AvgIpc) is 3.03. The highest BCUT2D eigenvalue weighted by Crippen LogP contribution is 2.63. The lowest BCUT2D eigenvalue weighted by atomic mass is 9.70. The van der Waals surface area contributed by atoms with Crippen molar-refractivity contribution in [2.24, 2.45) is 28.9 Å². The van der Waals surface area contributed by atoms with Gasteiger partial charge in [0, 0.05) is 30.6 Å². The van der Waals surface area contributed by atoms with Crippen molar-refractivity contribution in [3.05, 3.63) is 12.4 Å². The Morgan fingerprint density at radius 2 is 2.32 bits per heavy atom. The number of aryl methyl sites for hydroxylation is 1. The Labute approximate surface area is 136 Å². The largest absolute Gasteiger partial charge is 0.329 e. The Kier molecular flexibility index (Phi) is 3.83. The minimum absolute atomic E-state index is 0.0651. The minimum Gasteiger partial charge on any atom is -0.329 e. The second kappa shape index (κ2) is 5.41. The summed E-state index contributed by atoms with van der Waals surface area (Å²) in [5.41, 5.74) is 4.34. The molecule has 2 fully saturated rings. The van der Waals surface area contributed by atoms with Gasteiger partial charge < -0.3 is 4.57 Å². The van der Waals surface area contributed by atoms with E-state index in [1.807, 2.05) is 17.8 Å². The Bertz CT molecular complexity index is 621. The molecule has 0 radical (unpaired) electrons. The maximum Gasteiger partial charge on any atom is 0.250 e. The van der Waals surface area contributed by atoms with E-state index >= 15 is 0 Å². The van der Waals surface area contributed by atoms with Crippen molar-refractivity contribution in [2.75, 3.05) is 5.75 Å². The van der Waals surface area contributed by atoms with Crippen LogP contribution < -0.4 is 5.43 Å². The zero-order valence-corrected chi connectivity index (χ0v) is 14.5. The number of rotatable bonds is 4. The first-order valence-corrected chi connectivity index (χ1v) is 8.79. The van der Waals surface area contributed by atoms with Crippen LogP contribution in [0, 0.1) is 16.7 Å². The summed E-state index contributed by atoms with van der Waals surface area (Å²) in [6.07, 6.45) is 7.10. The number of amides is 1. The molecule has 2 bridgehead atoms. The molecule has 1 heterocycles. The predicted octanol–water partition coefficient (Wildman–Crippen LogP) is 2.83. The number of aromatic nitrogens is 2. The molecule has 2 aliphatic carbocycles. The van der Waals surface area contributed by atoms with Crippen LogP contribution in [0.4, 0.5) is 0 Å². The van der Waals surface area contributed by atoms with E-state index in [0.29, 0.717) is 11.7 Å². The number of thioether (sulfide) groups is 1. The van der Waals surface area contributed by atoms with Crippen molar-refractivity contribution < 1.29 is 4.79 Å². The summed E-state index contributed by atoms with van der Waals surface area (Å²) < 4.78 is 1.91. The molecule has 2 aliphatic rings. The van der Waals surface area contributed by atoms with Crippen LogP contribution in [0.1, 0.15) is 40.0 Å². The quantitative estimate of drug-likeness (QED) is 0.685. The maximum atomic E-state index is 12.0. The van der Waals surface area contributed by atoms with Crippen molar-refractivity contribution in [3.63, 3.8) is 0 Å². The normalized spacial score (nSPS) is 30.9. The Balaban J connectivity index is 1.58. The van der Waals surface area contributed by atoms with Gasteiger partial charge in [-0.25, -0.2) is 10.4 Å². The molecule has 2 saturated carbocycles. The summed E-state index contributed by atoms with van der Waals surface area (Å²) in [7, 11) is 1.92. The third-order valence-electron chi connectivity index (χ3n) is 5.94. The summed E-state index contributed by atoms with van der Waals surface area (Å²) >= 11 is 1.43. The fourth-order valence-electron chi connectivity index (χ4n) is 3.88. The van der Waals surface area contributed by atoms with Gasteiger partial charge in [0.25, 0.3) is 5.91 Å². The molecule has 0 saturated heterocycles. The highest BCUT2D eigenvalue weighted by Gasteiger charge is 2.59. The van der Waals surface area contributed by atoms with Gasteiger partial charge in [-0.2, -0.15) is 5.10 Å². The number of hydrazone groups is 1. The van der Waals surface area contributed by atoms with E-state index in [4.69, 9.17) is 0 Å². The van der Waals surface area contributed by atoms with Gasteiger partial charge in [-0.15, -0.1) is 0 Å². The van der Waals surface area contributed by atoms with Crippen molar-refractivity contribution >= 4 is 23.4 Å². The molecule has 6 heteroatoms. The summed E-state index contributed by atoms with van der Waals surface area (Å²) in [5.74, 6) is 0.977. The highest BCUT2D eigenvalue weighted by atomic mass is 32.2. The van der Waals surface area contributed by atoms with Gasteiger partial charge >= 0.3 is 0 Å². The second-order valence-electron chi connectivity index (χ2n) is 7.20. The van der Waals surface area contributed by atoms with Crippen LogP contribution in [0.25, 0.3) is 0 Å². The Morgan fingerprint density at radius 1 is 1.55 bits per heavy atom. The summed E-state index contributed by atoms with van der Waals surface area (Å²) in [4.78, 5) is 16.2. The summed E-state index contributed by atoms with van der Waals surface area (Å²) in [5, 5.41) is 5.32. The molecular weight excluding hydrogens is 296 g/mol. The molecule has 5 nitrogen and oxygen atoms in total. The van der Waals surface area contributed by atoms with Gasteiger partial charge in [-0.3, -0.25) is 4.79 Å². The molecule has 0 aromatic carbocycles. The number of fused-ring (bicyclic) bond motifs is 2. The lowest BCUT2D eigenvalue weighted by Gasteiger charge is -2.34. The number of imidazole rings is 1. The van der Waals surface area contributed by atoms with E-state index < -0.39 is 0 Å². The third kappa shape index (κ3) is 2.37. The molecule has 1 amide bonds. The molecule has 0 spiro atoms. The van der Waals surface area contributed by atoms with Crippen LogP contribution in [0.5, 0.6) is 0 Å². The van der Waals surface area contributed by atoms with Crippen LogP contribution in [-0.2, 0) is 11.8 Å². The zero-order chi connectivity index (χ0) is 16.0. The SMILES string of the molecule is Cn1ccnc1SCC(=O)N/N=C1\CC2CCC1(C)C2(C)C. The van der Waals surface area contributed by atoms with Gasteiger partial charge in [0.1, 0.15) is 0 Å². The van der Waals surface area contributed by atoms with Crippen LogP contribution >= 0.6 is 11.8 Å². The van der Waals surface area contributed by atoms with Crippen LogP contribution in [0.2, 0.25) is 0 Å². The predicted molar refractivity (Wildman–Crippen MR) is 88.7 cm³/mol. The fourth-order valence-corrected chi connectivity index (χ4v) is 4.61. The Hall–Kier alpha value is -1.30. The van der Waals surface area contributed by atoms with Crippen LogP contribution in [0.3, 0.4) is 0 Å². The zero-order valence-electron chi connectivity index (χ0n) is 13.7. The number of carbonyl (C=O) groups excluding carboxylic acids is 1. The summed E-state index contributed by atoms with van der Waals surface area (Å²) in [6.45, 7) is 6.98. The lowest BCUT2D eigenvalue weighted by molar-refractivity contribution is -0.118. The molecule has 0 aliphatic heterocycles. The second-order valence-corrected chi connectivity index (χ2v) is 8.14. The van der Waals surface area contributed by atoms with E-state index in [0.717, 1.165) is 11.6 Å². The molecular formula is C16H24N4OS. The number of hydrogen-bond donors (Lipinski definition) is 1. The fraction of sp³-hybridized carbons (Fsp3) is 0.688. The molecule has 22 heavy (non-hydrogen) atoms. The smallest absolute Gasteiger partial charge is 0.250 e. The van der Waals surface area contributed by atoms with Crippen molar-refractivity contribution in [2.45, 2.75) is 45.2 Å². The summed E-state index contributed by atoms with van der Waals surface area (Å²) in [6, 6.07) is 0. The first-order valence-electron chi connectivity index (χ1n) is 7.80. The van der Waals surface area contributed by atoms with Gasteiger partial charge in [0.2, 0.25) is 0 Å². The molecule has 3 rings (SSSR count). The van der Waals surface area contributed by atoms with Crippen molar-refractivity contribution in [1.82, 2.24) is 15.0 Å². The third-order valence-corrected chi connectivity index (χ3v) is 7.00. The average molecular weight is 320 g/mol. The minimum atomic E-state index is -0.0651. The number of carbonyl (C=O) groups is 1. The lowest BCUT2D eigenvalue weighted by Crippen LogP contribution is -2.34. The van der Waals surface area contributed by atoms with E-state index in [-0.39, 0.29) is 16.7 Å². The van der Waals surface area contributed by atoms with Crippen LogP contribution in [0.15, 0.2) is 22.7 Å². The van der Waals surface area contributed by atoms with E-state index in [1.165, 1.54) is 30.3 Å².